The van der Waals surface area contributed by atoms with Crippen LogP contribution in [0.2, 0.25) is 5.02 Å². The number of hydrogen-bond acceptors (Lipinski definition) is 5. The summed E-state index contributed by atoms with van der Waals surface area (Å²) in [5.74, 6) is 0.632. The zero-order chi connectivity index (χ0) is 18.5. The fourth-order valence-electron chi connectivity index (χ4n) is 2.39. The number of amides is 1. The van der Waals surface area contributed by atoms with Crippen LogP contribution in [0, 0.1) is 0 Å². The first-order valence-electron chi connectivity index (χ1n) is 7.82. The lowest BCUT2D eigenvalue weighted by molar-refractivity contribution is 0.0948. The van der Waals surface area contributed by atoms with Crippen LogP contribution in [0.15, 0.2) is 57.9 Å². The number of aromatic nitrogens is 2. The number of hydrogen-bond donors (Lipinski definition) is 1. The van der Waals surface area contributed by atoms with Crippen molar-refractivity contribution in [2.75, 3.05) is 13.7 Å². The van der Waals surface area contributed by atoms with Gasteiger partial charge in [-0.15, -0.1) is 0 Å². The van der Waals surface area contributed by atoms with Crippen molar-refractivity contribution in [2.24, 2.45) is 0 Å². The van der Waals surface area contributed by atoms with Crippen molar-refractivity contribution in [1.82, 2.24) is 15.1 Å². The molecule has 0 aliphatic carbocycles. The van der Waals surface area contributed by atoms with E-state index in [1.165, 1.54) is 30.2 Å². The molecule has 0 saturated carbocycles. The van der Waals surface area contributed by atoms with E-state index < -0.39 is 0 Å². The molecule has 0 aliphatic heterocycles. The number of benzene rings is 1. The highest BCUT2D eigenvalue weighted by Gasteiger charge is 2.13. The lowest BCUT2D eigenvalue weighted by atomic mass is 10.2. The first-order valence-corrected chi connectivity index (χ1v) is 8.20. The Hall–Kier alpha value is -3.06. The van der Waals surface area contributed by atoms with Crippen LogP contribution in [0.25, 0.3) is 11.5 Å². The zero-order valence-electron chi connectivity index (χ0n) is 13.9. The fourth-order valence-corrected chi connectivity index (χ4v) is 2.57. The second-order valence-corrected chi connectivity index (χ2v) is 5.79. The molecule has 0 atom stereocenters. The lowest BCUT2D eigenvalue weighted by Crippen LogP contribution is -2.32. The van der Waals surface area contributed by atoms with E-state index in [-0.39, 0.29) is 24.6 Å². The molecular weight excluding hydrogens is 358 g/mol. The molecule has 0 radical (unpaired) electrons. The predicted molar refractivity (Wildman–Crippen MR) is 96.5 cm³/mol. The number of carbonyl (C=O) groups is 1. The van der Waals surface area contributed by atoms with E-state index in [9.17, 15) is 9.59 Å². The largest absolute Gasteiger partial charge is 0.496 e. The number of methoxy groups -OCH3 is 1. The third-order valence-electron chi connectivity index (χ3n) is 3.66. The van der Waals surface area contributed by atoms with Gasteiger partial charge in [-0.1, -0.05) is 11.6 Å². The number of rotatable bonds is 6. The van der Waals surface area contributed by atoms with Crippen LogP contribution in [0.4, 0.5) is 0 Å². The van der Waals surface area contributed by atoms with E-state index in [2.05, 4.69) is 10.4 Å². The fraction of sp³-hybridized carbons (Fsp3) is 0.167. The van der Waals surface area contributed by atoms with Gasteiger partial charge in [0.1, 0.15) is 11.4 Å². The van der Waals surface area contributed by atoms with Crippen LogP contribution < -0.4 is 15.6 Å². The minimum absolute atomic E-state index is 0.210. The molecule has 1 aromatic carbocycles. The lowest BCUT2D eigenvalue weighted by Gasteiger charge is -2.10. The van der Waals surface area contributed by atoms with E-state index in [0.717, 1.165) is 0 Å². The average molecular weight is 374 g/mol. The Morgan fingerprint density at radius 3 is 2.88 bits per heavy atom. The standard InChI is InChI=1S/C18H16ClN3O4/c1-25-15-6-4-12(19)11-13(15)18(24)20-8-9-22-17(23)7-5-14(21-22)16-3-2-10-26-16/h2-7,10-11H,8-9H2,1H3,(H,20,24). The minimum atomic E-state index is -0.348. The average Bonchev–Trinajstić information content (AvgIpc) is 3.17. The summed E-state index contributed by atoms with van der Waals surface area (Å²) in [6, 6.07) is 11.3. The Bertz CT molecular complexity index is 967. The van der Waals surface area contributed by atoms with Crippen LogP contribution in [-0.4, -0.2) is 29.3 Å². The van der Waals surface area contributed by atoms with E-state index in [1.807, 2.05) is 0 Å². The molecule has 0 saturated heterocycles. The summed E-state index contributed by atoms with van der Waals surface area (Å²) >= 11 is 5.93. The molecule has 0 bridgehead atoms. The van der Waals surface area contributed by atoms with E-state index in [0.29, 0.717) is 27.8 Å². The van der Waals surface area contributed by atoms with Gasteiger partial charge in [-0.05, 0) is 36.4 Å². The number of nitrogens with one attached hydrogen (secondary N) is 1. The molecule has 1 N–H and O–H groups in total. The number of ether oxygens (including phenoxy) is 1. The molecule has 0 fully saturated rings. The third-order valence-corrected chi connectivity index (χ3v) is 3.89. The highest BCUT2D eigenvalue weighted by molar-refractivity contribution is 6.31. The normalized spacial score (nSPS) is 10.5. The van der Waals surface area contributed by atoms with Gasteiger partial charge in [0.2, 0.25) is 0 Å². The van der Waals surface area contributed by atoms with Crippen LogP contribution >= 0.6 is 11.6 Å². The Labute approximate surface area is 154 Å². The number of carbonyl (C=O) groups excluding carboxylic acids is 1. The summed E-state index contributed by atoms with van der Waals surface area (Å²) in [4.78, 5) is 24.3. The Morgan fingerprint density at radius 2 is 2.15 bits per heavy atom. The minimum Gasteiger partial charge on any atom is -0.496 e. The number of furan rings is 1. The SMILES string of the molecule is COc1ccc(Cl)cc1C(=O)NCCn1nc(-c2ccco2)ccc1=O. The van der Waals surface area contributed by atoms with Crippen LogP contribution in [0.1, 0.15) is 10.4 Å². The highest BCUT2D eigenvalue weighted by atomic mass is 35.5. The third kappa shape index (κ3) is 3.94. The predicted octanol–water partition coefficient (Wildman–Crippen LogP) is 2.60. The second kappa shape index (κ2) is 7.88. The molecule has 0 aliphatic rings. The molecule has 2 heterocycles. The van der Waals surface area contributed by atoms with Gasteiger partial charge in [-0.25, -0.2) is 4.68 Å². The summed E-state index contributed by atoms with van der Waals surface area (Å²) in [5.41, 5.74) is 0.594. The van der Waals surface area contributed by atoms with Crippen molar-refractivity contribution in [1.29, 1.82) is 0 Å². The molecule has 1 amide bonds. The number of halogens is 1. The van der Waals surface area contributed by atoms with Gasteiger partial charge in [-0.3, -0.25) is 9.59 Å². The molecule has 26 heavy (non-hydrogen) atoms. The second-order valence-electron chi connectivity index (χ2n) is 5.36. The molecule has 2 aromatic heterocycles. The topological polar surface area (TPSA) is 86.4 Å². The van der Waals surface area contributed by atoms with Gasteiger partial charge in [0, 0.05) is 17.6 Å². The number of nitrogens with zero attached hydrogens (tertiary/aromatic N) is 2. The molecule has 3 rings (SSSR count). The van der Waals surface area contributed by atoms with Crippen molar-refractivity contribution in [3.05, 3.63) is 69.7 Å². The quantitative estimate of drug-likeness (QED) is 0.717. The summed E-state index contributed by atoms with van der Waals surface area (Å²) in [6.45, 7) is 0.422. The maximum absolute atomic E-state index is 12.3. The van der Waals surface area contributed by atoms with Crippen molar-refractivity contribution in [3.8, 4) is 17.2 Å². The summed E-state index contributed by atoms with van der Waals surface area (Å²) in [5, 5.41) is 7.41. The molecule has 134 valence electrons. The van der Waals surface area contributed by atoms with Crippen LogP contribution in [0.3, 0.4) is 0 Å². The van der Waals surface area contributed by atoms with E-state index in [1.54, 1.807) is 30.3 Å². The van der Waals surface area contributed by atoms with Gasteiger partial charge in [-0.2, -0.15) is 5.10 Å². The molecular formula is C18H16ClN3O4. The summed E-state index contributed by atoms with van der Waals surface area (Å²) in [6.07, 6.45) is 1.53. The van der Waals surface area contributed by atoms with E-state index in [4.69, 9.17) is 20.8 Å². The smallest absolute Gasteiger partial charge is 0.266 e. The van der Waals surface area contributed by atoms with Gasteiger partial charge in [0.25, 0.3) is 11.5 Å². The first-order chi connectivity index (χ1) is 12.6. The Balaban J connectivity index is 1.68. The van der Waals surface area contributed by atoms with Gasteiger partial charge < -0.3 is 14.5 Å². The van der Waals surface area contributed by atoms with Crippen molar-refractivity contribution < 1.29 is 13.9 Å². The van der Waals surface area contributed by atoms with Gasteiger partial charge >= 0.3 is 0 Å². The van der Waals surface area contributed by atoms with Crippen LogP contribution in [0.5, 0.6) is 5.75 Å². The van der Waals surface area contributed by atoms with Crippen LogP contribution in [-0.2, 0) is 6.54 Å². The van der Waals surface area contributed by atoms with Crippen molar-refractivity contribution in [3.63, 3.8) is 0 Å². The summed E-state index contributed by atoms with van der Waals surface area (Å²) in [7, 11) is 1.48. The zero-order valence-corrected chi connectivity index (χ0v) is 14.7. The van der Waals surface area contributed by atoms with Crippen molar-refractivity contribution >= 4 is 17.5 Å². The Morgan fingerprint density at radius 1 is 1.31 bits per heavy atom. The highest BCUT2D eigenvalue weighted by Crippen LogP contribution is 2.22. The molecule has 7 nitrogen and oxygen atoms in total. The molecule has 0 spiro atoms. The maximum atomic E-state index is 12.3. The Kier molecular flexibility index (Phi) is 5.38. The monoisotopic (exact) mass is 373 g/mol. The molecule has 8 heteroatoms. The maximum Gasteiger partial charge on any atom is 0.266 e. The first kappa shape index (κ1) is 17.8. The molecule has 0 unspecified atom stereocenters. The van der Waals surface area contributed by atoms with Crippen molar-refractivity contribution in [2.45, 2.75) is 6.54 Å². The van der Waals surface area contributed by atoms with Gasteiger partial charge in [0.15, 0.2) is 5.76 Å². The van der Waals surface area contributed by atoms with E-state index >= 15 is 0 Å². The van der Waals surface area contributed by atoms with Gasteiger partial charge in [0.05, 0.1) is 25.5 Å². The molecule has 3 aromatic rings. The summed E-state index contributed by atoms with van der Waals surface area (Å²) < 4.78 is 11.7.